The van der Waals surface area contributed by atoms with E-state index in [-0.39, 0.29) is 5.82 Å². The summed E-state index contributed by atoms with van der Waals surface area (Å²) in [6.07, 6.45) is 3.03. The number of alkyl halides is 1. The number of halogens is 3. The van der Waals surface area contributed by atoms with Crippen LogP contribution in [0.3, 0.4) is 0 Å². The number of aromatic nitrogens is 2. The third-order valence-electron chi connectivity index (χ3n) is 3.03. The quantitative estimate of drug-likeness (QED) is 0.781. The maximum atomic E-state index is 13.6. The number of hydrogen-bond donors (Lipinski definition) is 0. The highest BCUT2D eigenvalue weighted by Crippen LogP contribution is 2.39. The van der Waals surface area contributed by atoms with E-state index in [1.807, 2.05) is 0 Å². The first-order valence-electron chi connectivity index (χ1n) is 5.62. The second-order valence-electron chi connectivity index (χ2n) is 4.32. The lowest BCUT2D eigenvalue weighted by molar-refractivity contribution is 0.621. The summed E-state index contributed by atoms with van der Waals surface area (Å²) in [6, 6.07) is 3.78. The lowest BCUT2D eigenvalue weighted by Gasteiger charge is -2.06. The van der Waals surface area contributed by atoms with Crippen LogP contribution < -0.4 is 0 Å². The summed E-state index contributed by atoms with van der Waals surface area (Å²) in [5.41, 5.74) is 1.72. The molecule has 90 valence electrons. The molecule has 1 aliphatic carbocycles. The Morgan fingerprint density at radius 3 is 2.88 bits per heavy atom. The van der Waals surface area contributed by atoms with Crippen molar-refractivity contribution in [3.05, 3.63) is 28.2 Å². The van der Waals surface area contributed by atoms with Crippen LogP contribution in [0.1, 0.15) is 24.7 Å². The van der Waals surface area contributed by atoms with E-state index in [1.54, 1.807) is 12.1 Å². The fourth-order valence-electron chi connectivity index (χ4n) is 2.14. The van der Waals surface area contributed by atoms with E-state index in [0.717, 1.165) is 36.1 Å². The minimum atomic E-state index is -0.239. The van der Waals surface area contributed by atoms with Crippen LogP contribution >= 0.6 is 27.5 Å². The molecule has 0 bridgehead atoms. The highest BCUT2D eigenvalue weighted by Gasteiger charge is 2.28. The average molecular weight is 318 g/mol. The molecule has 0 amide bonds. The number of fused-ring (bicyclic) bond motifs is 1. The van der Waals surface area contributed by atoms with Crippen molar-refractivity contribution >= 4 is 38.6 Å². The molecule has 1 aliphatic rings. The second kappa shape index (κ2) is 4.25. The van der Waals surface area contributed by atoms with Crippen molar-refractivity contribution in [3.63, 3.8) is 0 Å². The molecule has 0 radical (unpaired) electrons. The number of hydrogen-bond acceptors (Lipinski definition) is 1. The molecule has 3 rings (SSSR count). The summed E-state index contributed by atoms with van der Waals surface area (Å²) in [6.45, 7) is 0. The SMILES string of the molecule is Fc1cc2c(cc1Br)nc(CCCl)n2C1CC1. The van der Waals surface area contributed by atoms with Gasteiger partial charge in [0.25, 0.3) is 0 Å². The fourth-order valence-corrected chi connectivity index (χ4v) is 2.64. The number of rotatable bonds is 3. The number of aryl methyl sites for hydroxylation is 1. The molecule has 0 aliphatic heterocycles. The van der Waals surface area contributed by atoms with Crippen LogP contribution in [0.25, 0.3) is 11.0 Å². The van der Waals surface area contributed by atoms with Gasteiger partial charge in [-0.05, 0) is 34.8 Å². The zero-order chi connectivity index (χ0) is 12.0. The fraction of sp³-hybridized carbons (Fsp3) is 0.417. The minimum Gasteiger partial charge on any atom is -0.325 e. The van der Waals surface area contributed by atoms with Crippen LogP contribution in [0.2, 0.25) is 0 Å². The van der Waals surface area contributed by atoms with Crippen molar-refractivity contribution in [1.29, 1.82) is 0 Å². The van der Waals surface area contributed by atoms with Crippen LogP contribution in [0.5, 0.6) is 0 Å². The second-order valence-corrected chi connectivity index (χ2v) is 5.56. The highest BCUT2D eigenvalue weighted by atomic mass is 79.9. The Bertz CT molecular complexity index is 577. The van der Waals surface area contributed by atoms with Crippen molar-refractivity contribution in [2.45, 2.75) is 25.3 Å². The van der Waals surface area contributed by atoms with Gasteiger partial charge in [-0.2, -0.15) is 0 Å². The maximum absolute atomic E-state index is 13.6. The predicted molar refractivity (Wildman–Crippen MR) is 70.1 cm³/mol. The third kappa shape index (κ3) is 1.97. The van der Waals surface area contributed by atoms with Gasteiger partial charge in [0, 0.05) is 24.4 Å². The van der Waals surface area contributed by atoms with Crippen LogP contribution in [0.4, 0.5) is 4.39 Å². The molecule has 2 aromatic rings. The Kier molecular flexibility index (Phi) is 2.87. The number of benzene rings is 1. The molecule has 0 saturated heterocycles. The van der Waals surface area contributed by atoms with Gasteiger partial charge in [-0.25, -0.2) is 9.37 Å². The summed E-state index contributed by atoms with van der Waals surface area (Å²) in [5, 5.41) is 0. The van der Waals surface area contributed by atoms with Gasteiger partial charge in [-0.1, -0.05) is 0 Å². The molecule has 1 saturated carbocycles. The number of nitrogens with zero attached hydrogens (tertiary/aromatic N) is 2. The van der Waals surface area contributed by atoms with Crippen molar-refractivity contribution in [1.82, 2.24) is 9.55 Å². The van der Waals surface area contributed by atoms with Gasteiger partial charge in [-0.3, -0.25) is 0 Å². The lowest BCUT2D eigenvalue weighted by atomic mass is 10.3. The van der Waals surface area contributed by atoms with Gasteiger partial charge in [-0.15, -0.1) is 11.6 Å². The molecular formula is C12H11BrClFN2. The van der Waals surface area contributed by atoms with E-state index in [9.17, 15) is 4.39 Å². The Morgan fingerprint density at radius 1 is 1.47 bits per heavy atom. The molecule has 1 aromatic heterocycles. The van der Waals surface area contributed by atoms with Gasteiger partial charge < -0.3 is 4.57 Å². The Hall–Kier alpha value is -0.610. The van der Waals surface area contributed by atoms with E-state index in [2.05, 4.69) is 25.5 Å². The third-order valence-corrected chi connectivity index (χ3v) is 3.83. The summed E-state index contributed by atoms with van der Waals surface area (Å²) < 4.78 is 16.2. The topological polar surface area (TPSA) is 17.8 Å². The monoisotopic (exact) mass is 316 g/mol. The molecule has 0 unspecified atom stereocenters. The van der Waals surface area contributed by atoms with E-state index in [4.69, 9.17) is 11.6 Å². The van der Waals surface area contributed by atoms with Crippen LogP contribution in [-0.4, -0.2) is 15.4 Å². The normalized spacial score (nSPS) is 15.7. The summed E-state index contributed by atoms with van der Waals surface area (Å²) in [5.74, 6) is 1.27. The van der Waals surface area contributed by atoms with Crippen molar-refractivity contribution in [2.24, 2.45) is 0 Å². The smallest absolute Gasteiger partial charge is 0.139 e. The van der Waals surface area contributed by atoms with Gasteiger partial charge in [0.1, 0.15) is 11.6 Å². The maximum Gasteiger partial charge on any atom is 0.139 e. The molecule has 1 fully saturated rings. The molecule has 1 heterocycles. The Morgan fingerprint density at radius 2 is 2.24 bits per heavy atom. The van der Waals surface area contributed by atoms with E-state index >= 15 is 0 Å². The van der Waals surface area contributed by atoms with E-state index in [1.165, 1.54) is 0 Å². The molecular weight excluding hydrogens is 307 g/mol. The van der Waals surface area contributed by atoms with Crippen molar-refractivity contribution in [3.8, 4) is 0 Å². The Labute approximate surface area is 112 Å². The zero-order valence-corrected chi connectivity index (χ0v) is 11.4. The number of imidazole rings is 1. The minimum absolute atomic E-state index is 0.239. The molecule has 0 spiro atoms. The summed E-state index contributed by atoms with van der Waals surface area (Å²) >= 11 is 8.98. The van der Waals surface area contributed by atoms with Crippen LogP contribution in [0, 0.1) is 5.82 Å². The van der Waals surface area contributed by atoms with Crippen LogP contribution in [-0.2, 0) is 6.42 Å². The molecule has 0 atom stereocenters. The largest absolute Gasteiger partial charge is 0.325 e. The molecule has 5 heteroatoms. The molecule has 2 nitrogen and oxygen atoms in total. The van der Waals surface area contributed by atoms with Crippen molar-refractivity contribution < 1.29 is 4.39 Å². The highest BCUT2D eigenvalue weighted by molar-refractivity contribution is 9.10. The van der Waals surface area contributed by atoms with Gasteiger partial charge in [0.15, 0.2) is 0 Å². The van der Waals surface area contributed by atoms with Gasteiger partial charge in [0.05, 0.1) is 15.5 Å². The first-order chi connectivity index (χ1) is 8.20. The predicted octanol–water partition coefficient (Wildman–Crippen LogP) is 4.05. The Balaban J connectivity index is 2.23. The van der Waals surface area contributed by atoms with Gasteiger partial charge in [0.2, 0.25) is 0 Å². The summed E-state index contributed by atoms with van der Waals surface area (Å²) in [4.78, 5) is 4.55. The molecule has 0 N–H and O–H groups in total. The molecule has 1 aromatic carbocycles. The average Bonchev–Trinajstić information content (AvgIpc) is 3.05. The first-order valence-corrected chi connectivity index (χ1v) is 6.95. The van der Waals surface area contributed by atoms with Crippen LogP contribution in [0.15, 0.2) is 16.6 Å². The first kappa shape index (κ1) is 11.5. The van der Waals surface area contributed by atoms with Gasteiger partial charge >= 0.3 is 0 Å². The standard InChI is InChI=1S/C12H11BrClFN2/c13-8-5-10-11(6-9(8)15)17(7-1-2-7)12(16-10)3-4-14/h5-7H,1-4H2. The van der Waals surface area contributed by atoms with Crippen molar-refractivity contribution in [2.75, 3.05) is 5.88 Å². The van der Waals surface area contributed by atoms with E-state index < -0.39 is 0 Å². The van der Waals surface area contributed by atoms with E-state index in [0.29, 0.717) is 16.4 Å². The zero-order valence-electron chi connectivity index (χ0n) is 9.09. The summed E-state index contributed by atoms with van der Waals surface area (Å²) in [7, 11) is 0. The molecule has 17 heavy (non-hydrogen) atoms. The lowest BCUT2D eigenvalue weighted by Crippen LogP contribution is -2.02.